The van der Waals surface area contributed by atoms with Gasteiger partial charge in [-0.3, -0.25) is 4.79 Å². The van der Waals surface area contributed by atoms with Crippen molar-refractivity contribution in [2.75, 3.05) is 24.5 Å². The molecule has 2 saturated heterocycles. The summed E-state index contributed by atoms with van der Waals surface area (Å²) in [5, 5.41) is 10.2. The summed E-state index contributed by atoms with van der Waals surface area (Å²) in [5.41, 5.74) is -0.118. The third-order valence-corrected chi connectivity index (χ3v) is 5.56. The normalized spacial score (nSPS) is 22.9. The van der Waals surface area contributed by atoms with E-state index in [0.717, 1.165) is 51.3 Å². The van der Waals surface area contributed by atoms with Crippen LogP contribution in [0.25, 0.3) is 0 Å². The molecule has 1 saturated carbocycles. The summed E-state index contributed by atoms with van der Waals surface area (Å²) < 4.78 is 37.9. The first kappa shape index (κ1) is 22.3. The van der Waals surface area contributed by atoms with Crippen LogP contribution in [0.15, 0.2) is 18.5 Å². The van der Waals surface area contributed by atoms with Crippen LogP contribution >= 0.6 is 0 Å². The molecule has 0 bridgehead atoms. The van der Waals surface area contributed by atoms with Gasteiger partial charge in [-0.1, -0.05) is 0 Å². The Bertz CT molecular complexity index is 735. The van der Waals surface area contributed by atoms with E-state index in [1.807, 2.05) is 6.07 Å². The predicted octanol–water partition coefficient (Wildman–Crippen LogP) is 2.15. The number of aliphatic carboxylic acids is 1. The van der Waals surface area contributed by atoms with Gasteiger partial charge in [0, 0.05) is 32.0 Å². The molecular formula is C19H25F3N4O4. The molecule has 166 valence electrons. The molecule has 2 N–H and O–H groups in total. The highest BCUT2D eigenvalue weighted by molar-refractivity contribution is 5.81. The van der Waals surface area contributed by atoms with E-state index in [1.165, 1.54) is 12.8 Å². The Kier molecular flexibility index (Phi) is 6.79. The van der Waals surface area contributed by atoms with Crippen LogP contribution in [0.4, 0.5) is 19.1 Å². The first-order valence-electron chi connectivity index (χ1n) is 9.96. The third kappa shape index (κ3) is 6.04. The number of alkyl halides is 3. The number of hydrogen-bond donors (Lipinski definition) is 2. The molecular weight excluding hydrogens is 405 g/mol. The maximum Gasteiger partial charge on any atom is 0.490 e. The summed E-state index contributed by atoms with van der Waals surface area (Å²) in [6.45, 7) is 2.60. The number of rotatable bonds is 4. The topological polar surface area (TPSA) is 105 Å². The molecule has 3 aliphatic rings. The van der Waals surface area contributed by atoms with Crippen LogP contribution in [-0.2, 0) is 14.3 Å². The summed E-state index contributed by atoms with van der Waals surface area (Å²) in [4.78, 5) is 32.0. The molecule has 30 heavy (non-hydrogen) atoms. The molecule has 2 aliphatic heterocycles. The van der Waals surface area contributed by atoms with E-state index < -0.39 is 12.1 Å². The standard InChI is InChI=1S/C17H24N4O2.C2HF3O2/c22-15(20-12-13-2-3-13)14-4-5-17(23-14)6-10-21(11-7-17)16-18-8-1-9-19-16;3-2(4,5)1(6)7/h1,8-9,13-14H,2-7,10-12H2,(H,20,22);(H,6,7). The number of nitrogens with zero attached hydrogens (tertiary/aromatic N) is 3. The molecule has 1 unspecified atom stereocenters. The Hall–Kier alpha value is -2.43. The number of aromatic nitrogens is 2. The smallest absolute Gasteiger partial charge is 0.475 e. The summed E-state index contributed by atoms with van der Waals surface area (Å²) in [5.74, 6) is -1.17. The minimum Gasteiger partial charge on any atom is -0.475 e. The van der Waals surface area contributed by atoms with Gasteiger partial charge in [0.05, 0.1) is 5.60 Å². The van der Waals surface area contributed by atoms with Gasteiger partial charge in [0.1, 0.15) is 6.10 Å². The van der Waals surface area contributed by atoms with Crippen molar-refractivity contribution in [3.8, 4) is 0 Å². The number of amides is 1. The summed E-state index contributed by atoms with van der Waals surface area (Å²) in [6.07, 6.45) is 4.44. The molecule has 11 heteroatoms. The van der Waals surface area contributed by atoms with Gasteiger partial charge in [-0.05, 0) is 50.5 Å². The van der Waals surface area contributed by atoms with E-state index in [2.05, 4.69) is 20.2 Å². The van der Waals surface area contributed by atoms with Crippen molar-refractivity contribution in [3.63, 3.8) is 0 Å². The lowest BCUT2D eigenvalue weighted by Gasteiger charge is -2.39. The zero-order chi connectivity index (χ0) is 21.8. The molecule has 8 nitrogen and oxygen atoms in total. The number of piperidine rings is 1. The monoisotopic (exact) mass is 430 g/mol. The molecule has 1 aromatic rings. The first-order chi connectivity index (χ1) is 14.2. The lowest BCUT2D eigenvalue weighted by atomic mass is 9.88. The minimum absolute atomic E-state index is 0.0857. The van der Waals surface area contributed by atoms with Gasteiger partial charge in [0.25, 0.3) is 0 Å². The molecule has 1 aliphatic carbocycles. The van der Waals surface area contributed by atoms with Crippen molar-refractivity contribution in [1.82, 2.24) is 15.3 Å². The maximum atomic E-state index is 12.2. The van der Waals surface area contributed by atoms with E-state index in [4.69, 9.17) is 14.6 Å². The highest BCUT2D eigenvalue weighted by atomic mass is 19.4. The second kappa shape index (κ2) is 9.15. The van der Waals surface area contributed by atoms with Crippen molar-refractivity contribution in [2.24, 2.45) is 5.92 Å². The molecule has 1 aromatic heterocycles. The van der Waals surface area contributed by atoms with Gasteiger partial charge in [0.2, 0.25) is 11.9 Å². The number of carbonyl (C=O) groups is 2. The van der Waals surface area contributed by atoms with Crippen LogP contribution in [0, 0.1) is 5.92 Å². The molecule has 1 amide bonds. The van der Waals surface area contributed by atoms with E-state index in [1.54, 1.807) is 12.4 Å². The minimum atomic E-state index is -5.08. The Morgan fingerprint density at radius 3 is 2.30 bits per heavy atom. The van der Waals surface area contributed by atoms with Crippen LogP contribution in [0.1, 0.15) is 38.5 Å². The Morgan fingerprint density at radius 1 is 1.17 bits per heavy atom. The van der Waals surface area contributed by atoms with E-state index >= 15 is 0 Å². The third-order valence-electron chi connectivity index (χ3n) is 5.56. The number of anilines is 1. The Morgan fingerprint density at radius 2 is 1.77 bits per heavy atom. The molecule has 0 radical (unpaired) electrons. The van der Waals surface area contributed by atoms with E-state index in [-0.39, 0.29) is 17.6 Å². The second-order valence-corrected chi connectivity index (χ2v) is 7.86. The SMILES string of the molecule is O=C(NCC1CC1)C1CCC2(CCN(c3ncccn3)CC2)O1.O=C(O)C(F)(F)F. The molecule has 1 atom stereocenters. The number of hydrogen-bond acceptors (Lipinski definition) is 6. The number of nitrogens with one attached hydrogen (secondary N) is 1. The van der Waals surface area contributed by atoms with Gasteiger partial charge in [-0.2, -0.15) is 13.2 Å². The second-order valence-electron chi connectivity index (χ2n) is 7.86. The fourth-order valence-electron chi connectivity index (χ4n) is 3.62. The average molecular weight is 430 g/mol. The van der Waals surface area contributed by atoms with Crippen molar-refractivity contribution >= 4 is 17.8 Å². The first-order valence-corrected chi connectivity index (χ1v) is 9.96. The average Bonchev–Trinajstić information content (AvgIpc) is 3.47. The largest absolute Gasteiger partial charge is 0.490 e. The lowest BCUT2D eigenvalue weighted by Crippen LogP contribution is -2.46. The summed E-state index contributed by atoms with van der Waals surface area (Å²) in [6, 6.07) is 1.83. The van der Waals surface area contributed by atoms with Gasteiger partial charge in [-0.15, -0.1) is 0 Å². The van der Waals surface area contributed by atoms with E-state index in [0.29, 0.717) is 5.92 Å². The molecule has 0 aromatic carbocycles. The van der Waals surface area contributed by atoms with Gasteiger partial charge in [-0.25, -0.2) is 14.8 Å². The fraction of sp³-hybridized carbons (Fsp3) is 0.684. The van der Waals surface area contributed by atoms with Gasteiger partial charge in [0.15, 0.2) is 0 Å². The Balaban J connectivity index is 0.000000318. The number of carboxylic acid groups (broad SMARTS) is 1. The Labute approximate surface area is 171 Å². The highest BCUT2D eigenvalue weighted by Crippen LogP contribution is 2.39. The van der Waals surface area contributed by atoms with E-state index in [9.17, 15) is 18.0 Å². The number of carbonyl (C=O) groups excluding carboxylic acids is 1. The van der Waals surface area contributed by atoms with Crippen molar-refractivity contribution in [1.29, 1.82) is 0 Å². The fourth-order valence-corrected chi connectivity index (χ4v) is 3.62. The quantitative estimate of drug-likeness (QED) is 0.754. The van der Waals surface area contributed by atoms with Crippen LogP contribution in [0.2, 0.25) is 0 Å². The summed E-state index contributed by atoms with van der Waals surface area (Å²) in [7, 11) is 0. The number of halogens is 3. The lowest BCUT2D eigenvalue weighted by molar-refractivity contribution is -0.192. The van der Waals surface area contributed by atoms with Crippen LogP contribution in [0.3, 0.4) is 0 Å². The van der Waals surface area contributed by atoms with Crippen LogP contribution in [0.5, 0.6) is 0 Å². The van der Waals surface area contributed by atoms with Crippen molar-refractivity contribution < 1.29 is 32.6 Å². The zero-order valence-electron chi connectivity index (χ0n) is 16.4. The van der Waals surface area contributed by atoms with Crippen molar-refractivity contribution in [3.05, 3.63) is 18.5 Å². The summed E-state index contributed by atoms with van der Waals surface area (Å²) >= 11 is 0. The number of carboxylic acids is 1. The molecule has 1 spiro atoms. The number of ether oxygens (including phenoxy) is 1. The highest BCUT2D eigenvalue weighted by Gasteiger charge is 2.45. The van der Waals surface area contributed by atoms with Crippen molar-refractivity contribution in [2.45, 2.75) is 56.4 Å². The van der Waals surface area contributed by atoms with Gasteiger partial charge < -0.3 is 20.1 Å². The van der Waals surface area contributed by atoms with Gasteiger partial charge >= 0.3 is 12.1 Å². The molecule has 3 heterocycles. The van der Waals surface area contributed by atoms with Crippen LogP contribution in [-0.4, -0.2) is 64.5 Å². The zero-order valence-corrected chi connectivity index (χ0v) is 16.4. The molecule has 3 fully saturated rings. The molecule has 4 rings (SSSR count). The maximum absolute atomic E-state index is 12.2. The predicted molar refractivity (Wildman–Crippen MR) is 99.7 cm³/mol. The van der Waals surface area contributed by atoms with Crippen LogP contribution < -0.4 is 10.2 Å².